The van der Waals surface area contributed by atoms with E-state index < -0.39 is 5.60 Å². The van der Waals surface area contributed by atoms with Crippen molar-refractivity contribution in [1.82, 2.24) is 0 Å². The number of hydrogen-bond donors (Lipinski definition) is 2. The van der Waals surface area contributed by atoms with Gasteiger partial charge in [-0.1, -0.05) is 18.6 Å². The van der Waals surface area contributed by atoms with Crippen molar-refractivity contribution in [3.8, 4) is 0 Å². The van der Waals surface area contributed by atoms with E-state index in [1.807, 2.05) is 13.8 Å². The lowest BCUT2D eigenvalue weighted by Gasteiger charge is -2.46. The smallest absolute Gasteiger partial charge is 0.0626 e. The SMILES string of the molecule is CC1=CC[C@]2(CC1)[C@@H](C)[C@H](O)C[C@H]2C(C)(C)O. The lowest BCUT2D eigenvalue weighted by atomic mass is 9.60. The summed E-state index contributed by atoms with van der Waals surface area (Å²) in [6.45, 7) is 8.14. The third-order valence-corrected chi connectivity index (χ3v) is 5.32. The number of aliphatic hydroxyl groups is 2. The van der Waals surface area contributed by atoms with E-state index in [4.69, 9.17) is 0 Å². The lowest BCUT2D eigenvalue weighted by molar-refractivity contribution is -0.0511. The predicted octanol–water partition coefficient (Wildman–Crippen LogP) is 2.89. The number of aliphatic hydroxyl groups excluding tert-OH is 1. The highest BCUT2D eigenvalue weighted by Crippen LogP contribution is 2.58. The molecular weight excluding hydrogens is 212 g/mol. The van der Waals surface area contributed by atoms with Crippen LogP contribution in [0.25, 0.3) is 0 Å². The molecule has 0 bridgehead atoms. The Labute approximate surface area is 105 Å². The Morgan fingerprint density at radius 1 is 1.41 bits per heavy atom. The molecule has 0 aromatic rings. The molecule has 1 fully saturated rings. The van der Waals surface area contributed by atoms with Gasteiger partial charge in [0.05, 0.1) is 11.7 Å². The quantitative estimate of drug-likeness (QED) is 0.690. The van der Waals surface area contributed by atoms with E-state index in [2.05, 4.69) is 19.9 Å². The molecule has 2 rings (SSSR count). The third kappa shape index (κ3) is 2.06. The van der Waals surface area contributed by atoms with Crippen LogP contribution in [0.15, 0.2) is 11.6 Å². The fourth-order valence-corrected chi connectivity index (χ4v) is 4.10. The molecule has 2 N–H and O–H groups in total. The van der Waals surface area contributed by atoms with Crippen LogP contribution in [0.4, 0.5) is 0 Å². The zero-order valence-electron chi connectivity index (χ0n) is 11.5. The van der Waals surface area contributed by atoms with E-state index in [1.165, 1.54) is 5.57 Å². The summed E-state index contributed by atoms with van der Waals surface area (Å²) >= 11 is 0. The van der Waals surface area contributed by atoms with Gasteiger partial charge in [0.15, 0.2) is 0 Å². The van der Waals surface area contributed by atoms with E-state index in [0.717, 1.165) is 25.7 Å². The number of hydrogen-bond acceptors (Lipinski definition) is 2. The van der Waals surface area contributed by atoms with Crippen molar-refractivity contribution in [3.63, 3.8) is 0 Å². The summed E-state index contributed by atoms with van der Waals surface area (Å²) in [4.78, 5) is 0. The fourth-order valence-electron chi connectivity index (χ4n) is 4.10. The highest BCUT2D eigenvalue weighted by molar-refractivity contribution is 5.15. The van der Waals surface area contributed by atoms with Crippen molar-refractivity contribution in [3.05, 3.63) is 11.6 Å². The van der Waals surface area contributed by atoms with Crippen molar-refractivity contribution in [2.75, 3.05) is 0 Å². The van der Waals surface area contributed by atoms with Crippen LogP contribution in [-0.4, -0.2) is 21.9 Å². The molecule has 2 nitrogen and oxygen atoms in total. The van der Waals surface area contributed by atoms with Crippen LogP contribution in [0.2, 0.25) is 0 Å². The van der Waals surface area contributed by atoms with E-state index in [0.29, 0.717) is 5.92 Å². The van der Waals surface area contributed by atoms with E-state index in [-0.39, 0.29) is 17.4 Å². The van der Waals surface area contributed by atoms with Crippen molar-refractivity contribution >= 4 is 0 Å². The number of allylic oxidation sites excluding steroid dienone is 2. The first-order chi connectivity index (χ1) is 7.77. The maximum atomic E-state index is 10.4. The molecule has 0 amide bonds. The van der Waals surface area contributed by atoms with Crippen LogP contribution in [0, 0.1) is 17.3 Å². The molecule has 2 heteroatoms. The van der Waals surface area contributed by atoms with E-state index >= 15 is 0 Å². The Morgan fingerprint density at radius 3 is 2.53 bits per heavy atom. The summed E-state index contributed by atoms with van der Waals surface area (Å²) in [6, 6.07) is 0. The molecule has 0 unspecified atom stereocenters. The molecule has 0 aromatic heterocycles. The van der Waals surface area contributed by atoms with Crippen LogP contribution in [0.3, 0.4) is 0 Å². The summed E-state index contributed by atoms with van der Waals surface area (Å²) in [5, 5.41) is 20.6. The first-order valence-electron chi connectivity index (χ1n) is 6.83. The molecule has 98 valence electrons. The van der Waals surface area contributed by atoms with Gasteiger partial charge in [-0.15, -0.1) is 0 Å². The fraction of sp³-hybridized carbons (Fsp3) is 0.867. The number of rotatable bonds is 1. The van der Waals surface area contributed by atoms with Crippen molar-refractivity contribution < 1.29 is 10.2 Å². The Morgan fingerprint density at radius 2 is 2.06 bits per heavy atom. The molecule has 1 saturated carbocycles. The molecule has 2 aliphatic rings. The summed E-state index contributed by atoms with van der Waals surface area (Å²) in [5.41, 5.74) is 0.876. The molecule has 0 radical (unpaired) electrons. The van der Waals surface area contributed by atoms with Crippen LogP contribution >= 0.6 is 0 Å². The summed E-state index contributed by atoms with van der Waals surface area (Å²) in [6.07, 6.45) is 6.06. The average Bonchev–Trinajstić information content (AvgIpc) is 2.48. The molecule has 1 spiro atoms. The molecule has 17 heavy (non-hydrogen) atoms. The highest BCUT2D eigenvalue weighted by Gasteiger charge is 2.56. The largest absolute Gasteiger partial charge is 0.393 e. The lowest BCUT2D eigenvalue weighted by Crippen LogP contribution is -2.44. The first kappa shape index (κ1) is 13.1. The van der Waals surface area contributed by atoms with E-state index in [1.54, 1.807) is 0 Å². The molecule has 2 aliphatic carbocycles. The summed E-state index contributed by atoms with van der Waals surface area (Å²) < 4.78 is 0. The van der Waals surface area contributed by atoms with Gasteiger partial charge in [0, 0.05) is 0 Å². The maximum Gasteiger partial charge on any atom is 0.0626 e. The zero-order chi connectivity index (χ0) is 12.8. The standard InChI is InChI=1S/C15H26O2/c1-10-5-7-15(8-6-10)11(2)12(16)9-13(15)14(3,4)17/h5,11-13,16-17H,6-9H2,1-4H3/t11-,12+,13-,15-/m0/s1. The summed E-state index contributed by atoms with van der Waals surface area (Å²) in [7, 11) is 0. The average molecular weight is 238 g/mol. The second-order valence-corrected chi connectivity index (χ2v) is 6.79. The molecule has 0 saturated heterocycles. The van der Waals surface area contributed by atoms with Gasteiger partial charge < -0.3 is 10.2 Å². The van der Waals surface area contributed by atoms with Crippen molar-refractivity contribution in [2.45, 2.75) is 65.1 Å². The molecule has 0 aliphatic heterocycles. The van der Waals surface area contributed by atoms with Gasteiger partial charge in [-0.2, -0.15) is 0 Å². The minimum atomic E-state index is -0.690. The Hall–Kier alpha value is -0.340. The monoisotopic (exact) mass is 238 g/mol. The van der Waals surface area contributed by atoms with Gasteiger partial charge in [0.25, 0.3) is 0 Å². The van der Waals surface area contributed by atoms with Crippen LogP contribution in [0.1, 0.15) is 53.4 Å². The third-order valence-electron chi connectivity index (χ3n) is 5.32. The highest BCUT2D eigenvalue weighted by atomic mass is 16.3. The Bertz CT molecular complexity index is 326. The molecule has 4 atom stereocenters. The van der Waals surface area contributed by atoms with Gasteiger partial charge >= 0.3 is 0 Å². The van der Waals surface area contributed by atoms with Crippen LogP contribution in [-0.2, 0) is 0 Å². The van der Waals surface area contributed by atoms with Gasteiger partial charge in [-0.05, 0) is 63.7 Å². The van der Waals surface area contributed by atoms with Gasteiger partial charge in [-0.3, -0.25) is 0 Å². The van der Waals surface area contributed by atoms with Gasteiger partial charge in [0.2, 0.25) is 0 Å². The Kier molecular flexibility index (Phi) is 3.16. The normalized spacial score (nSPS) is 42.9. The zero-order valence-corrected chi connectivity index (χ0v) is 11.5. The van der Waals surface area contributed by atoms with Crippen molar-refractivity contribution in [1.29, 1.82) is 0 Å². The second-order valence-electron chi connectivity index (χ2n) is 6.79. The van der Waals surface area contributed by atoms with Crippen molar-refractivity contribution in [2.24, 2.45) is 17.3 Å². The van der Waals surface area contributed by atoms with Gasteiger partial charge in [-0.25, -0.2) is 0 Å². The Balaban J connectivity index is 2.34. The molecular formula is C15H26O2. The minimum Gasteiger partial charge on any atom is -0.393 e. The molecule has 0 aromatic carbocycles. The van der Waals surface area contributed by atoms with Crippen LogP contribution in [0.5, 0.6) is 0 Å². The topological polar surface area (TPSA) is 40.5 Å². The van der Waals surface area contributed by atoms with Gasteiger partial charge in [0.1, 0.15) is 0 Å². The predicted molar refractivity (Wildman–Crippen MR) is 69.6 cm³/mol. The second kappa shape index (κ2) is 4.10. The molecule has 0 heterocycles. The minimum absolute atomic E-state index is 0.108. The summed E-state index contributed by atoms with van der Waals surface area (Å²) in [5.74, 6) is 0.507. The maximum absolute atomic E-state index is 10.4. The van der Waals surface area contributed by atoms with E-state index in [9.17, 15) is 10.2 Å². The first-order valence-corrected chi connectivity index (χ1v) is 6.83. The van der Waals surface area contributed by atoms with Crippen LogP contribution < -0.4 is 0 Å².